The molecule has 0 aromatic carbocycles. The normalized spacial score (nSPS) is 13.8. The summed E-state index contributed by atoms with van der Waals surface area (Å²) in [5, 5.41) is 0. The molecule has 22 heavy (non-hydrogen) atoms. The van der Waals surface area contributed by atoms with Gasteiger partial charge in [0, 0.05) is 31.7 Å². The largest absolute Gasteiger partial charge is 0.461 e. The fraction of sp³-hybridized carbons (Fsp3) is 0.467. The third kappa shape index (κ3) is 3.08. The second-order valence-corrected chi connectivity index (χ2v) is 5.21. The van der Waals surface area contributed by atoms with Crippen molar-refractivity contribution in [3.05, 3.63) is 36.3 Å². The van der Waals surface area contributed by atoms with E-state index in [-0.39, 0.29) is 5.97 Å². The van der Waals surface area contributed by atoms with Crippen LogP contribution in [0, 0.1) is 0 Å². The first-order chi connectivity index (χ1) is 10.8. The zero-order valence-corrected chi connectivity index (χ0v) is 12.6. The second kappa shape index (κ2) is 6.55. The molecule has 2 aromatic rings. The lowest BCUT2D eigenvalue weighted by Crippen LogP contribution is -2.34. The quantitative estimate of drug-likeness (QED) is 0.617. The molecule has 2 aromatic heterocycles. The Balaban J connectivity index is 1.69. The molecule has 3 rings (SSSR count). The van der Waals surface area contributed by atoms with Crippen LogP contribution < -0.4 is 4.90 Å². The van der Waals surface area contributed by atoms with E-state index in [1.54, 1.807) is 24.8 Å². The summed E-state index contributed by atoms with van der Waals surface area (Å²) in [7, 11) is 0. The van der Waals surface area contributed by atoms with Crippen molar-refractivity contribution in [1.29, 1.82) is 0 Å². The first-order valence-corrected chi connectivity index (χ1v) is 7.52. The Morgan fingerprint density at radius 2 is 2.27 bits per heavy atom. The molecule has 0 N–H and O–H groups in total. The van der Waals surface area contributed by atoms with Gasteiger partial charge in [0.05, 0.1) is 19.3 Å². The predicted octanol–water partition coefficient (Wildman–Crippen LogP) is 1.65. The fourth-order valence-electron chi connectivity index (χ4n) is 2.38. The van der Waals surface area contributed by atoms with Crippen LogP contribution in [-0.2, 0) is 17.8 Å². The highest BCUT2D eigenvalue weighted by atomic mass is 16.5. The van der Waals surface area contributed by atoms with Crippen LogP contribution in [0.4, 0.5) is 5.82 Å². The van der Waals surface area contributed by atoms with Gasteiger partial charge in [0.2, 0.25) is 0 Å². The van der Waals surface area contributed by atoms with Crippen LogP contribution in [0.25, 0.3) is 0 Å². The number of hydrogen-bond acceptors (Lipinski definition) is 6. The summed E-state index contributed by atoms with van der Waals surface area (Å²) in [6, 6.07) is 0. The fourth-order valence-corrected chi connectivity index (χ4v) is 2.38. The Morgan fingerprint density at radius 3 is 3.05 bits per heavy atom. The van der Waals surface area contributed by atoms with E-state index in [0.717, 1.165) is 37.6 Å². The van der Waals surface area contributed by atoms with Gasteiger partial charge in [0.15, 0.2) is 5.69 Å². The van der Waals surface area contributed by atoms with Gasteiger partial charge in [-0.25, -0.2) is 14.8 Å². The molecule has 0 aliphatic carbocycles. The molecule has 0 saturated carbocycles. The predicted molar refractivity (Wildman–Crippen MR) is 80.5 cm³/mol. The Morgan fingerprint density at radius 1 is 1.36 bits per heavy atom. The minimum absolute atomic E-state index is 0.346. The maximum atomic E-state index is 12.0. The minimum Gasteiger partial charge on any atom is -0.461 e. The number of hydrogen-bond donors (Lipinski definition) is 0. The number of imidazole rings is 1. The van der Waals surface area contributed by atoms with Crippen molar-refractivity contribution in [3.8, 4) is 0 Å². The Labute approximate surface area is 129 Å². The molecule has 0 saturated heterocycles. The molecule has 0 unspecified atom stereocenters. The third-order valence-electron chi connectivity index (χ3n) is 3.62. The smallest absolute Gasteiger partial charge is 0.358 e. The lowest BCUT2D eigenvalue weighted by Gasteiger charge is -2.28. The van der Waals surface area contributed by atoms with E-state index < -0.39 is 0 Å². The van der Waals surface area contributed by atoms with Crippen molar-refractivity contribution in [1.82, 2.24) is 19.5 Å². The molecule has 0 amide bonds. The molecule has 3 heterocycles. The van der Waals surface area contributed by atoms with Crippen LogP contribution in [-0.4, -0.2) is 38.6 Å². The van der Waals surface area contributed by atoms with E-state index in [1.165, 1.54) is 0 Å². The number of fused-ring (bicyclic) bond motifs is 1. The van der Waals surface area contributed by atoms with Gasteiger partial charge in [-0.15, -0.1) is 0 Å². The molecule has 1 aliphatic rings. The maximum absolute atomic E-state index is 12.0. The summed E-state index contributed by atoms with van der Waals surface area (Å²) >= 11 is 0. The van der Waals surface area contributed by atoms with E-state index in [1.807, 2.05) is 4.57 Å². The van der Waals surface area contributed by atoms with E-state index in [2.05, 4.69) is 26.8 Å². The van der Waals surface area contributed by atoms with Gasteiger partial charge in [-0.2, -0.15) is 0 Å². The number of carbonyl (C=O) groups excluding carboxylic acids is 1. The number of ether oxygens (including phenoxy) is 1. The number of unbranched alkanes of at least 4 members (excludes halogenated alkanes) is 1. The van der Waals surface area contributed by atoms with E-state index in [9.17, 15) is 4.79 Å². The monoisotopic (exact) mass is 301 g/mol. The average Bonchev–Trinajstić information content (AvgIpc) is 2.99. The van der Waals surface area contributed by atoms with Gasteiger partial charge in [-0.3, -0.25) is 4.98 Å². The van der Waals surface area contributed by atoms with Crippen LogP contribution in [0.3, 0.4) is 0 Å². The first-order valence-electron chi connectivity index (χ1n) is 7.52. The van der Waals surface area contributed by atoms with Crippen LogP contribution in [0.15, 0.2) is 24.8 Å². The van der Waals surface area contributed by atoms with Crippen molar-refractivity contribution in [3.63, 3.8) is 0 Å². The SMILES string of the molecule is CCCCOC(=O)c1cn2c(n1)CN(c1cnccn1)CC2. The summed E-state index contributed by atoms with van der Waals surface area (Å²) < 4.78 is 7.21. The number of esters is 1. The van der Waals surface area contributed by atoms with Crippen LogP contribution >= 0.6 is 0 Å². The summed E-state index contributed by atoms with van der Waals surface area (Å²) in [5.41, 5.74) is 0.382. The summed E-state index contributed by atoms with van der Waals surface area (Å²) in [6.45, 7) is 4.70. The molecule has 0 atom stereocenters. The molecule has 0 spiro atoms. The number of aromatic nitrogens is 4. The molecule has 0 radical (unpaired) electrons. The second-order valence-electron chi connectivity index (χ2n) is 5.21. The van der Waals surface area contributed by atoms with Gasteiger partial charge >= 0.3 is 5.97 Å². The summed E-state index contributed by atoms with van der Waals surface area (Å²) in [6.07, 6.45) is 8.71. The molecule has 116 valence electrons. The topological polar surface area (TPSA) is 73.1 Å². The minimum atomic E-state index is -0.346. The number of anilines is 1. The van der Waals surface area contributed by atoms with Crippen molar-refractivity contribution in [2.45, 2.75) is 32.9 Å². The van der Waals surface area contributed by atoms with E-state index in [4.69, 9.17) is 4.74 Å². The lowest BCUT2D eigenvalue weighted by molar-refractivity contribution is 0.0493. The van der Waals surface area contributed by atoms with Gasteiger partial charge in [-0.1, -0.05) is 13.3 Å². The number of nitrogens with zero attached hydrogens (tertiary/aromatic N) is 5. The van der Waals surface area contributed by atoms with Crippen molar-refractivity contribution in [2.24, 2.45) is 0 Å². The number of rotatable bonds is 5. The van der Waals surface area contributed by atoms with Crippen LogP contribution in [0.1, 0.15) is 36.1 Å². The van der Waals surface area contributed by atoms with Crippen molar-refractivity contribution >= 4 is 11.8 Å². The number of carbonyl (C=O) groups is 1. The molecule has 7 heteroatoms. The molecular formula is C15H19N5O2. The maximum Gasteiger partial charge on any atom is 0.358 e. The molecule has 7 nitrogen and oxygen atoms in total. The molecular weight excluding hydrogens is 282 g/mol. The van der Waals surface area contributed by atoms with Gasteiger partial charge in [0.25, 0.3) is 0 Å². The van der Waals surface area contributed by atoms with Gasteiger partial charge < -0.3 is 14.2 Å². The Kier molecular flexibility index (Phi) is 4.32. The third-order valence-corrected chi connectivity index (χ3v) is 3.62. The highest BCUT2D eigenvalue weighted by Gasteiger charge is 2.22. The first kappa shape index (κ1) is 14.5. The highest BCUT2D eigenvalue weighted by Crippen LogP contribution is 2.18. The van der Waals surface area contributed by atoms with E-state index in [0.29, 0.717) is 18.8 Å². The lowest BCUT2D eigenvalue weighted by atomic mass is 10.3. The molecule has 1 aliphatic heterocycles. The summed E-state index contributed by atoms with van der Waals surface area (Å²) in [4.78, 5) is 26.8. The van der Waals surface area contributed by atoms with Crippen LogP contribution in [0.5, 0.6) is 0 Å². The van der Waals surface area contributed by atoms with Gasteiger partial charge in [-0.05, 0) is 6.42 Å². The molecule has 0 bridgehead atoms. The van der Waals surface area contributed by atoms with Crippen molar-refractivity contribution in [2.75, 3.05) is 18.1 Å². The Bertz CT molecular complexity index is 641. The zero-order chi connectivity index (χ0) is 15.4. The summed E-state index contributed by atoms with van der Waals surface area (Å²) in [5.74, 6) is 1.32. The van der Waals surface area contributed by atoms with Gasteiger partial charge in [0.1, 0.15) is 11.6 Å². The average molecular weight is 301 g/mol. The zero-order valence-electron chi connectivity index (χ0n) is 12.6. The standard InChI is InChI=1S/C15H19N5O2/c1-2-3-8-22-15(21)12-10-19-6-7-20(11-14(19)18-12)13-9-16-4-5-17-13/h4-5,9-10H,2-3,6-8,11H2,1H3. The molecule has 0 fully saturated rings. The van der Waals surface area contributed by atoms with E-state index >= 15 is 0 Å². The highest BCUT2D eigenvalue weighted by molar-refractivity contribution is 5.87. The van der Waals surface area contributed by atoms with Crippen molar-refractivity contribution < 1.29 is 9.53 Å². The Hall–Kier alpha value is -2.44. The van der Waals surface area contributed by atoms with Crippen LogP contribution in [0.2, 0.25) is 0 Å².